The van der Waals surface area contributed by atoms with Crippen LogP contribution in [0.4, 0.5) is 0 Å². The molecule has 1 N–H and O–H groups in total. The van der Waals surface area contributed by atoms with Gasteiger partial charge in [0.25, 0.3) is 0 Å². The standard InChI is InChI=1S/C16H21NO5S/c1-17-23(20,21)13-9-6-12(7-10-13)8-11-16(19)22-15-5-3-2-4-14(15)18/h6-7,9-10,15,17H,2-5,8,11H2,1H3/t15-/m1/s1. The highest BCUT2D eigenvalue weighted by molar-refractivity contribution is 7.89. The molecule has 0 amide bonds. The number of Topliss-reactive ketones (excluding diaryl/α,β-unsaturated/α-hetero) is 1. The molecule has 7 heteroatoms. The SMILES string of the molecule is CNS(=O)(=O)c1ccc(CCC(=O)O[C@@H]2CCCCC2=O)cc1. The Morgan fingerprint density at radius 3 is 2.57 bits per heavy atom. The molecule has 1 aliphatic rings. The van der Waals surface area contributed by atoms with Crippen LogP contribution in [-0.4, -0.2) is 33.3 Å². The molecule has 0 unspecified atom stereocenters. The van der Waals surface area contributed by atoms with Gasteiger partial charge in [0, 0.05) is 12.8 Å². The van der Waals surface area contributed by atoms with E-state index in [1.807, 2.05) is 0 Å². The fraction of sp³-hybridized carbons (Fsp3) is 0.500. The first-order chi connectivity index (χ1) is 10.9. The zero-order valence-electron chi connectivity index (χ0n) is 13.1. The number of nitrogens with one attached hydrogen (secondary N) is 1. The molecule has 1 atom stereocenters. The van der Waals surface area contributed by atoms with Gasteiger partial charge in [-0.2, -0.15) is 0 Å². The third kappa shape index (κ3) is 4.87. The average molecular weight is 339 g/mol. The summed E-state index contributed by atoms with van der Waals surface area (Å²) in [6.45, 7) is 0. The van der Waals surface area contributed by atoms with Crippen molar-refractivity contribution in [3.8, 4) is 0 Å². The summed E-state index contributed by atoms with van der Waals surface area (Å²) in [5.41, 5.74) is 0.840. The lowest BCUT2D eigenvalue weighted by Crippen LogP contribution is -2.30. The van der Waals surface area contributed by atoms with Crippen LogP contribution >= 0.6 is 0 Å². The first kappa shape index (κ1) is 17.6. The molecule has 1 aliphatic carbocycles. The van der Waals surface area contributed by atoms with Crippen molar-refractivity contribution in [1.82, 2.24) is 4.72 Å². The molecular formula is C16H21NO5S. The lowest BCUT2D eigenvalue weighted by molar-refractivity contribution is -0.156. The number of ether oxygens (including phenoxy) is 1. The summed E-state index contributed by atoms with van der Waals surface area (Å²) in [6, 6.07) is 6.33. The van der Waals surface area contributed by atoms with Crippen LogP contribution in [0.25, 0.3) is 0 Å². The number of hydrogen-bond acceptors (Lipinski definition) is 5. The summed E-state index contributed by atoms with van der Waals surface area (Å²) < 4.78 is 30.7. The van der Waals surface area contributed by atoms with E-state index in [2.05, 4.69) is 4.72 Å². The Balaban J connectivity index is 1.86. The molecule has 1 fully saturated rings. The van der Waals surface area contributed by atoms with E-state index in [0.717, 1.165) is 18.4 Å². The minimum absolute atomic E-state index is 0.00576. The summed E-state index contributed by atoms with van der Waals surface area (Å²) in [5, 5.41) is 0. The van der Waals surface area contributed by atoms with E-state index in [0.29, 0.717) is 19.3 Å². The van der Waals surface area contributed by atoms with Gasteiger partial charge in [-0.25, -0.2) is 13.1 Å². The quantitative estimate of drug-likeness (QED) is 0.795. The Kier molecular flexibility index (Phi) is 5.90. The van der Waals surface area contributed by atoms with Crippen molar-refractivity contribution < 1.29 is 22.7 Å². The van der Waals surface area contributed by atoms with E-state index in [-0.39, 0.29) is 17.1 Å². The maximum Gasteiger partial charge on any atom is 0.306 e. The van der Waals surface area contributed by atoms with Crippen LogP contribution in [0.1, 0.15) is 37.7 Å². The van der Waals surface area contributed by atoms with E-state index < -0.39 is 22.1 Å². The Morgan fingerprint density at radius 1 is 1.26 bits per heavy atom. The summed E-state index contributed by atoms with van der Waals surface area (Å²) in [4.78, 5) is 23.6. The second-order valence-corrected chi connectivity index (χ2v) is 7.43. The predicted molar refractivity (Wildman–Crippen MR) is 84.4 cm³/mol. The van der Waals surface area contributed by atoms with Gasteiger partial charge in [0.05, 0.1) is 4.90 Å². The van der Waals surface area contributed by atoms with Crippen molar-refractivity contribution in [3.05, 3.63) is 29.8 Å². The highest BCUT2D eigenvalue weighted by Gasteiger charge is 2.25. The molecule has 1 aromatic rings. The Labute approximate surface area is 136 Å². The van der Waals surface area contributed by atoms with Gasteiger partial charge in [-0.05, 0) is 50.4 Å². The van der Waals surface area contributed by atoms with Gasteiger partial charge in [-0.15, -0.1) is 0 Å². The van der Waals surface area contributed by atoms with Crippen LogP contribution in [0.5, 0.6) is 0 Å². The van der Waals surface area contributed by atoms with Crippen LogP contribution in [-0.2, 0) is 30.8 Å². The van der Waals surface area contributed by atoms with Crippen LogP contribution in [0.2, 0.25) is 0 Å². The zero-order chi connectivity index (χ0) is 16.9. The van der Waals surface area contributed by atoms with E-state index in [1.165, 1.54) is 19.2 Å². The minimum Gasteiger partial charge on any atom is -0.454 e. The van der Waals surface area contributed by atoms with Crippen LogP contribution in [0, 0.1) is 0 Å². The first-order valence-corrected chi connectivity index (χ1v) is 9.15. The van der Waals surface area contributed by atoms with Crippen molar-refractivity contribution in [2.45, 2.75) is 49.5 Å². The molecule has 2 rings (SSSR count). The topological polar surface area (TPSA) is 89.5 Å². The molecule has 0 aliphatic heterocycles. The van der Waals surface area contributed by atoms with Crippen molar-refractivity contribution in [1.29, 1.82) is 0 Å². The third-order valence-corrected chi connectivity index (χ3v) is 5.32. The second-order valence-electron chi connectivity index (χ2n) is 5.54. The van der Waals surface area contributed by atoms with Gasteiger partial charge in [-0.3, -0.25) is 9.59 Å². The number of esters is 1. The summed E-state index contributed by atoms with van der Waals surface area (Å²) in [7, 11) is -2.10. The van der Waals surface area contributed by atoms with Gasteiger partial charge < -0.3 is 4.74 Å². The number of benzene rings is 1. The smallest absolute Gasteiger partial charge is 0.306 e. The van der Waals surface area contributed by atoms with Crippen LogP contribution < -0.4 is 4.72 Å². The summed E-state index contributed by atoms with van der Waals surface area (Å²) >= 11 is 0. The lowest BCUT2D eigenvalue weighted by atomic mass is 9.96. The molecule has 0 radical (unpaired) electrons. The normalized spacial score (nSPS) is 18.7. The Bertz CT molecular complexity index is 666. The fourth-order valence-corrected chi connectivity index (χ4v) is 3.22. The molecule has 0 spiro atoms. The second kappa shape index (κ2) is 7.70. The molecule has 1 aromatic carbocycles. The molecule has 0 saturated heterocycles. The fourth-order valence-electron chi connectivity index (χ4n) is 2.49. The number of hydrogen-bond donors (Lipinski definition) is 1. The number of ketones is 1. The number of carbonyl (C=O) groups is 2. The largest absolute Gasteiger partial charge is 0.454 e. The van der Waals surface area contributed by atoms with Gasteiger partial charge in [0.1, 0.15) is 0 Å². The Hall–Kier alpha value is -1.73. The Morgan fingerprint density at radius 2 is 1.96 bits per heavy atom. The van der Waals surface area contributed by atoms with E-state index in [9.17, 15) is 18.0 Å². The molecule has 0 aromatic heterocycles. The van der Waals surface area contributed by atoms with E-state index in [1.54, 1.807) is 12.1 Å². The van der Waals surface area contributed by atoms with Crippen LogP contribution in [0.15, 0.2) is 29.2 Å². The number of aryl methyl sites for hydroxylation is 1. The van der Waals surface area contributed by atoms with Crippen LogP contribution in [0.3, 0.4) is 0 Å². The lowest BCUT2D eigenvalue weighted by Gasteiger charge is -2.20. The van der Waals surface area contributed by atoms with Crippen molar-refractivity contribution in [2.24, 2.45) is 0 Å². The summed E-state index contributed by atoms with van der Waals surface area (Å²) in [5.74, 6) is -0.386. The van der Waals surface area contributed by atoms with Gasteiger partial charge in [-0.1, -0.05) is 12.1 Å². The highest BCUT2D eigenvalue weighted by atomic mass is 32.2. The average Bonchev–Trinajstić information content (AvgIpc) is 2.55. The van der Waals surface area contributed by atoms with Gasteiger partial charge in [0.15, 0.2) is 11.9 Å². The maximum absolute atomic E-state index is 11.8. The predicted octanol–water partition coefficient (Wildman–Crippen LogP) is 1.58. The maximum atomic E-state index is 11.8. The zero-order valence-corrected chi connectivity index (χ0v) is 13.9. The molecule has 126 valence electrons. The first-order valence-electron chi connectivity index (χ1n) is 7.67. The van der Waals surface area contributed by atoms with E-state index in [4.69, 9.17) is 4.74 Å². The molecule has 23 heavy (non-hydrogen) atoms. The molecule has 0 heterocycles. The molecule has 1 saturated carbocycles. The van der Waals surface area contributed by atoms with Gasteiger partial charge >= 0.3 is 5.97 Å². The number of rotatable bonds is 6. The van der Waals surface area contributed by atoms with Crippen molar-refractivity contribution >= 4 is 21.8 Å². The van der Waals surface area contributed by atoms with E-state index >= 15 is 0 Å². The molecule has 0 bridgehead atoms. The van der Waals surface area contributed by atoms with Crippen molar-refractivity contribution in [3.63, 3.8) is 0 Å². The third-order valence-electron chi connectivity index (χ3n) is 3.89. The minimum atomic E-state index is -3.45. The monoisotopic (exact) mass is 339 g/mol. The number of sulfonamides is 1. The summed E-state index contributed by atoms with van der Waals surface area (Å²) in [6.07, 6.45) is 2.90. The highest BCUT2D eigenvalue weighted by Crippen LogP contribution is 2.18. The molecular weight excluding hydrogens is 318 g/mol. The van der Waals surface area contributed by atoms with Crippen molar-refractivity contribution in [2.75, 3.05) is 7.05 Å². The number of carbonyl (C=O) groups excluding carboxylic acids is 2. The molecule has 6 nitrogen and oxygen atoms in total. The van der Waals surface area contributed by atoms with Gasteiger partial charge in [0.2, 0.25) is 10.0 Å².